The van der Waals surface area contributed by atoms with Crippen LogP contribution in [0.15, 0.2) is 53.3 Å². The molecule has 2 aliphatic rings. The second kappa shape index (κ2) is 12.8. The van der Waals surface area contributed by atoms with E-state index in [4.69, 9.17) is 14.2 Å². The number of aromatic amines is 1. The van der Waals surface area contributed by atoms with Gasteiger partial charge < -0.3 is 35.1 Å². The Morgan fingerprint density at radius 2 is 1.70 bits per heavy atom. The molecule has 4 N–H and O–H groups in total. The van der Waals surface area contributed by atoms with E-state index in [1.165, 1.54) is 17.9 Å². The van der Waals surface area contributed by atoms with Gasteiger partial charge in [-0.1, -0.05) is 24.3 Å². The van der Waals surface area contributed by atoms with Crippen molar-refractivity contribution in [3.05, 3.63) is 81.1 Å². The number of ether oxygens (including phenoxy) is 3. The number of aromatic nitrogens is 1. The number of hydrogen-bond donors (Lipinski definition) is 4. The Kier molecular flexibility index (Phi) is 8.62. The van der Waals surface area contributed by atoms with Crippen LogP contribution in [-0.2, 0) is 22.4 Å². The fraction of sp³-hybridized carbons (Fsp3) is 0.361. The zero-order valence-electron chi connectivity index (χ0n) is 26.8. The number of rotatable bonds is 8. The predicted octanol–water partition coefficient (Wildman–Crippen LogP) is 5.34. The molecule has 10 heteroatoms. The van der Waals surface area contributed by atoms with Crippen molar-refractivity contribution in [2.45, 2.75) is 64.1 Å². The third kappa shape index (κ3) is 5.63. The van der Waals surface area contributed by atoms with Crippen LogP contribution in [0.4, 0.5) is 5.69 Å². The van der Waals surface area contributed by atoms with Crippen molar-refractivity contribution in [2.24, 2.45) is 0 Å². The predicted molar refractivity (Wildman–Crippen MR) is 178 cm³/mol. The van der Waals surface area contributed by atoms with Gasteiger partial charge in [0.1, 0.15) is 6.04 Å². The molecule has 46 heavy (non-hydrogen) atoms. The van der Waals surface area contributed by atoms with E-state index in [0.29, 0.717) is 35.7 Å². The standard InChI is InChI=1S/C36H40N4O6/c1-19(36(43)40-29-12-8-10-24-22-9-6-7-11-26(22)39-33(24)29)37-28-16-14-23-25(18-30(28)42)27(38-20(2)41)15-13-21-17-31(44-3)34(45-4)35(46-5)32(21)23/h6-7,9,11,14,16-19,27,29,39H,8,10,12-13,15H2,1-5H3,(H,37,42)(H,38,41)(H,40,43). The number of hydrogen-bond acceptors (Lipinski definition) is 7. The van der Waals surface area contributed by atoms with E-state index in [0.717, 1.165) is 47.2 Å². The quantitative estimate of drug-likeness (QED) is 0.208. The van der Waals surface area contributed by atoms with Crippen molar-refractivity contribution >= 4 is 28.4 Å². The second-order valence-corrected chi connectivity index (χ2v) is 12.0. The average Bonchev–Trinajstić information content (AvgIpc) is 3.28. The van der Waals surface area contributed by atoms with Gasteiger partial charge in [0.25, 0.3) is 0 Å². The lowest BCUT2D eigenvalue weighted by molar-refractivity contribution is -0.122. The molecular weight excluding hydrogens is 584 g/mol. The van der Waals surface area contributed by atoms with Gasteiger partial charge >= 0.3 is 0 Å². The number of H-pyrrole nitrogens is 1. The molecule has 2 amide bonds. The third-order valence-corrected chi connectivity index (χ3v) is 9.11. The van der Waals surface area contributed by atoms with Crippen molar-refractivity contribution in [1.82, 2.24) is 15.6 Å². The van der Waals surface area contributed by atoms with Crippen LogP contribution in [-0.4, -0.2) is 44.2 Å². The monoisotopic (exact) mass is 624 g/mol. The molecule has 2 aliphatic carbocycles. The number of para-hydroxylation sites is 1. The first kappa shape index (κ1) is 31.0. The molecule has 0 saturated carbocycles. The largest absolute Gasteiger partial charge is 0.493 e. The van der Waals surface area contributed by atoms with Crippen molar-refractivity contribution in [3.63, 3.8) is 0 Å². The van der Waals surface area contributed by atoms with Crippen LogP contribution in [0.1, 0.15) is 67.6 Å². The van der Waals surface area contributed by atoms with Crippen molar-refractivity contribution < 1.29 is 23.8 Å². The number of carbonyl (C=O) groups is 2. The van der Waals surface area contributed by atoms with Crippen LogP contribution in [0.3, 0.4) is 0 Å². The van der Waals surface area contributed by atoms with E-state index in [-0.39, 0.29) is 29.0 Å². The molecule has 0 spiro atoms. The molecule has 0 radical (unpaired) electrons. The maximum atomic E-state index is 13.7. The molecule has 0 fully saturated rings. The molecule has 3 unspecified atom stereocenters. The Balaban J connectivity index is 1.34. The molecule has 3 atom stereocenters. The van der Waals surface area contributed by atoms with Crippen LogP contribution in [0.5, 0.6) is 17.2 Å². The van der Waals surface area contributed by atoms with E-state index in [1.54, 1.807) is 40.4 Å². The number of carbonyl (C=O) groups excluding carboxylic acids is 2. The molecular formula is C36H40N4O6. The lowest BCUT2D eigenvalue weighted by atomic mass is 9.91. The Bertz CT molecular complexity index is 1880. The van der Waals surface area contributed by atoms with Gasteiger partial charge in [0.05, 0.1) is 39.1 Å². The summed E-state index contributed by atoms with van der Waals surface area (Å²) in [5.74, 6) is 1.04. The number of methoxy groups -OCH3 is 3. The molecule has 1 aromatic heterocycles. The number of amides is 2. The minimum atomic E-state index is -0.693. The zero-order chi connectivity index (χ0) is 32.5. The van der Waals surface area contributed by atoms with E-state index in [2.05, 4.69) is 33.1 Å². The Hall–Kier alpha value is -4.99. The number of aryl methyl sites for hydroxylation is 2. The lowest BCUT2D eigenvalue weighted by Gasteiger charge is -2.25. The maximum Gasteiger partial charge on any atom is 0.242 e. The van der Waals surface area contributed by atoms with Gasteiger partial charge in [0, 0.05) is 29.1 Å². The van der Waals surface area contributed by atoms with Crippen LogP contribution in [0.2, 0.25) is 0 Å². The van der Waals surface area contributed by atoms with Gasteiger partial charge in [0.2, 0.25) is 23.0 Å². The Morgan fingerprint density at radius 1 is 0.913 bits per heavy atom. The van der Waals surface area contributed by atoms with E-state index < -0.39 is 12.1 Å². The minimum Gasteiger partial charge on any atom is -0.493 e. The summed E-state index contributed by atoms with van der Waals surface area (Å²) in [7, 11) is 4.68. The third-order valence-electron chi connectivity index (χ3n) is 9.11. The highest BCUT2D eigenvalue weighted by Crippen LogP contribution is 2.50. The minimum absolute atomic E-state index is 0.142. The zero-order valence-corrected chi connectivity index (χ0v) is 26.8. The van der Waals surface area contributed by atoms with Gasteiger partial charge in [-0.2, -0.15) is 0 Å². The van der Waals surface area contributed by atoms with Crippen molar-refractivity contribution in [2.75, 3.05) is 26.6 Å². The average molecular weight is 625 g/mol. The summed E-state index contributed by atoms with van der Waals surface area (Å²) in [4.78, 5) is 43.0. The van der Waals surface area contributed by atoms with Crippen LogP contribution in [0, 0.1) is 0 Å². The molecule has 6 rings (SSSR count). The molecule has 0 saturated heterocycles. The smallest absolute Gasteiger partial charge is 0.242 e. The van der Waals surface area contributed by atoms with Gasteiger partial charge in [-0.3, -0.25) is 14.4 Å². The topological polar surface area (TPSA) is 131 Å². The molecule has 3 aromatic carbocycles. The normalized spacial score (nSPS) is 17.4. The Labute approximate surface area is 267 Å². The molecule has 4 aromatic rings. The van der Waals surface area contributed by atoms with Gasteiger partial charge in [-0.15, -0.1) is 0 Å². The number of benzene rings is 2. The highest BCUT2D eigenvalue weighted by Gasteiger charge is 2.30. The molecule has 1 heterocycles. The summed E-state index contributed by atoms with van der Waals surface area (Å²) in [6, 6.07) is 13.9. The summed E-state index contributed by atoms with van der Waals surface area (Å²) < 4.78 is 17.2. The fourth-order valence-electron chi connectivity index (χ4n) is 6.98. The second-order valence-electron chi connectivity index (χ2n) is 12.0. The SMILES string of the molecule is COc1cc2c(c(OC)c1OC)-c1ccc(NC(C)C(=O)NC3CCCc4c3[nH]c3ccccc43)c(=O)cc1C(NC(C)=O)CC2. The molecule has 10 nitrogen and oxygen atoms in total. The number of fused-ring (bicyclic) bond motifs is 6. The summed E-state index contributed by atoms with van der Waals surface area (Å²) in [5.41, 5.74) is 6.43. The first-order valence-corrected chi connectivity index (χ1v) is 15.7. The lowest BCUT2D eigenvalue weighted by Crippen LogP contribution is -2.41. The van der Waals surface area contributed by atoms with Gasteiger partial charge in [-0.05, 0) is 85.5 Å². The van der Waals surface area contributed by atoms with Crippen molar-refractivity contribution in [3.8, 4) is 28.4 Å². The Morgan fingerprint density at radius 3 is 2.43 bits per heavy atom. The summed E-state index contributed by atoms with van der Waals surface area (Å²) >= 11 is 0. The van der Waals surface area contributed by atoms with Gasteiger partial charge in [-0.25, -0.2) is 0 Å². The van der Waals surface area contributed by atoms with Gasteiger partial charge in [0.15, 0.2) is 11.5 Å². The van der Waals surface area contributed by atoms with Crippen LogP contribution >= 0.6 is 0 Å². The first-order valence-electron chi connectivity index (χ1n) is 15.7. The summed E-state index contributed by atoms with van der Waals surface area (Å²) in [6.07, 6.45) is 3.93. The van der Waals surface area contributed by atoms with E-state index in [9.17, 15) is 14.4 Å². The highest BCUT2D eigenvalue weighted by atomic mass is 16.5. The molecule has 0 bridgehead atoms. The molecule has 240 valence electrons. The summed E-state index contributed by atoms with van der Waals surface area (Å²) in [6.45, 7) is 3.21. The summed E-state index contributed by atoms with van der Waals surface area (Å²) in [5, 5.41) is 10.6. The maximum absolute atomic E-state index is 13.7. The van der Waals surface area contributed by atoms with Crippen molar-refractivity contribution in [1.29, 1.82) is 0 Å². The number of nitrogens with one attached hydrogen (secondary N) is 4. The van der Waals surface area contributed by atoms with Crippen LogP contribution in [0.25, 0.3) is 22.0 Å². The van der Waals surface area contributed by atoms with E-state index in [1.807, 2.05) is 24.3 Å². The molecule has 0 aliphatic heterocycles. The van der Waals surface area contributed by atoms with E-state index >= 15 is 0 Å². The fourth-order valence-corrected chi connectivity index (χ4v) is 6.98. The number of anilines is 1. The first-order chi connectivity index (χ1) is 22.2. The highest BCUT2D eigenvalue weighted by molar-refractivity contribution is 5.88. The van der Waals surface area contributed by atoms with Crippen LogP contribution < -0.4 is 35.6 Å².